The van der Waals surface area contributed by atoms with E-state index in [1.54, 1.807) is 18.7 Å². The van der Waals surface area contributed by atoms with E-state index in [-0.39, 0.29) is 5.92 Å². The van der Waals surface area contributed by atoms with Crippen LogP contribution in [0.1, 0.15) is 12.6 Å². The summed E-state index contributed by atoms with van der Waals surface area (Å²) in [5.41, 5.74) is 1.91. The van der Waals surface area contributed by atoms with Gasteiger partial charge in [0.25, 0.3) is 0 Å². The molecule has 1 unspecified atom stereocenters. The fraction of sp³-hybridized carbons (Fsp3) is 0.333. The summed E-state index contributed by atoms with van der Waals surface area (Å²) >= 11 is 1.60. The minimum absolute atomic E-state index is 0.308. The lowest BCUT2D eigenvalue weighted by atomic mass is 10.2. The highest BCUT2D eigenvalue weighted by atomic mass is 32.2. The molecule has 2 aromatic heterocycles. The van der Waals surface area contributed by atoms with Gasteiger partial charge < -0.3 is 9.51 Å². The van der Waals surface area contributed by atoms with Crippen LogP contribution < -0.4 is 0 Å². The first-order valence-corrected chi connectivity index (χ1v) is 6.55. The molecule has 2 aromatic rings. The van der Waals surface area contributed by atoms with Crippen LogP contribution in [0.15, 0.2) is 30.6 Å². The van der Waals surface area contributed by atoms with E-state index in [0.717, 1.165) is 17.1 Å². The van der Waals surface area contributed by atoms with E-state index < -0.39 is 5.97 Å². The van der Waals surface area contributed by atoms with E-state index >= 15 is 0 Å². The molecule has 0 fully saturated rings. The first-order valence-electron chi connectivity index (χ1n) is 5.40. The van der Waals surface area contributed by atoms with Gasteiger partial charge in [0.2, 0.25) is 0 Å². The van der Waals surface area contributed by atoms with Gasteiger partial charge in [-0.05, 0) is 12.1 Å². The molecule has 0 aliphatic carbocycles. The highest BCUT2D eigenvalue weighted by Crippen LogP contribution is 2.15. The Morgan fingerprint density at radius 1 is 1.59 bits per heavy atom. The molecule has 0 saturated carbocycles. The SMILES string of the molecule is CC(CSCc1cn2ccccc2n1)C(=O)O. The minimum atomic E-state index is -0.743. The van der Waals surface area contributed by atoms with Gasteiger partial charge in [0, 0.05) is 23.9 Å². The molecule has 0 aliphatic heterocycles. The number of hydrogen-bond donors (Lipinski definition) is 1. The molecule has 17 heavy (non-hydrogen) atoms. The molecule has 1 N–H and O–H groups in total. The third-order valence-electron chi connectivity index (χ3n) is 2.45. The number of fused-ring (bicyclic) bond motifs is 1. The van der Waals surface area contributed by atoms with Crippen LogP contribution in [0, 0.1) is 5.92 Å². The number of pyridine rings is 1. The fourth-order valence-corrected chi connectivity index (χ4v) is 2.43. The maximum atomic E-state index is 10.6. The molecular weight excluding hydrogens is 236 g/mol. The monoisotopic (exact) mass is 250 g/mol. The molecule has 0 aromatic carbocycles. The number of carboxylic acid groups (broad SMARTS) is 1. The summed E-state index contributed by atoms with van der Waals surface area (Å²) in [6, 6.07) is 5.86. The molecular formula is C12H14N2O2S. The molecule has 4 nitrogen and oxygen atoms in total. The number of hydrogen-bond acceptors (Lipinski definition) is 3. The number of aliphatic carboxylic acids is 1. The Kier molecular flexibility index (Phi) is 3.68. The average Bonchev–Trinajstić information content (AvgIpc) is 2.71. The number of thioether (sulfide) groups is 1. The lowest BCUT2D eigenvalue weighted by Gasteiger charge is -2.03. The van der Waals surface area contributed by atoms with Gasteiger partial charge >= 0.3 is 5.97 Å². The zero-order valence-electron chi connectivity index (χ0n) is 9.54. The van der Waals surface area contributed by atoms with Gasteiger partial charge in [-0.1, -0.05) is 13.0 Å². The summed E-state index contributed by atoms with van der Waals surface area (Å²) in [5.74, 6) is 0.312. The standard InChI is InChI=1S/C12H14N2O2S/c1-9(12(15)16)7-17-8-10-6-14-5-3-2-4-11(14)13-10/h2-6,9H,7-8H2,1H3,(H,15,16). The second kappa shape index (κ2) is 5.23. The van der Waals surface area contributed by atoms with Crippen molar-refractivity contribution in [3.63, 3.8) is 0 Å². The van der Waals surface area contributed by atoms with Crippen molar-refractivity contribution < 1.29 is 9.90 Å². The molecule has 0 aliphatic rings. The largest absolute Gasteiger partial charge is 0.481 e. The third-order valence-corrected chi connectivity index (χ3v) is 3.69. The second-order valence-electron chi connectivity index (χ2n) is 3.95. The number of nitrogens with zero attached hydrogens (tertiary/aromatic N) is 2. The second-order valence-corrected chi connectivity index (χ2v) is 4.98. The smallest absolute Gasteiger partial charge is 0.307 e. The predicted octanol–water partition coefficient (Wildman–Crippen LogP) is 2.29. The van der Waals surface area contributed by atoms with Crippen molar-refractivity contribution in [3.8, 4) is 0 Å². The molecule has 2 rings (SSSR count). The minimum Gasteiger partial charge on any atom is -0.481 e. The van der Waals surface area contributed by atoms with Gasteiger partial charge in [-0.15, -0.1) is 0 Å². The van der Waals surface area contributed by atoms with Crippen LogP contribution in [-0.4, -0.2) is 26.2 Å². The molecule has 0 saturated heterocycles. The molecule has 0 amide bonds. The topological polar surface area (TPSA) is 54.6 Å². The van der Waals surface area contributed by atoms with Gasteiger partial charge in [0.15, 0.2) is 0 Å². The lowest BCUT2D eigenvalue weighted by Crippen LogP contribution is -2.11. The molecule has 0 spiro atoms. The maximum Gasteiger partial charge on any atom is 0.307 e. The highest BCUT2D eigenvalue weighted by Gasteiger charge is 2.10. The molecule has 2 heterocycles. The normalized spacial score (nSPS) is 12.8. The van der Waals surface area contributed by atoms with E-state index in [4.69, 9.17) is 5.11 Å². The highest BCUT2D eigenvalue weighted by molar-refractivity contribution is 7.98. The first kappa shape index (κ1) is 12.0. The van der Waals surface area contributed by atoms with Crippen molar-refractivity contribution in [2.45, 2.75) is 12.7 Å². The lowest BCUT2D eigenvalue weighted by molar-refractivity contribution is -0.140. The number of rotatable bonds is 5. The van der Waals surface area contributed by atoms with E-state index in [0.29, 0.717) is 5.75 Å². The number of aromatic nitrogens is 2. The van der Waals surface area contributed by atoms with Crippen LogP contribution in [0.5, 0.6) is 0 Å². The Labute approximate surface area is 104 Å². The Hall–Kier alpha value is -1.49. The average molecular weight is 250 g/mol. The van der Waals surface area contributed by atoms with E-state index in [1.807, 2.05) is 35.0 Å². The van der Waals surface area contributed by atoms with Gasteiger partial charge in [0.05, 0.1) is 11.6 Å². The van der Waals surface area contributed by atoms with E-state index in [1.165, 1.54) is 0 Å². The summed E-state index contributed by atoms with van der Waals surface area (Å²) in [6.45, 7) is 1.72. The number of carboxylic acids is 1. The van der Waals surface area contributed by atoms with Crippen LogP contribution in [0.2, 0.25) is 0 Å². The van der Waals surface area contributed by atoms with Crippen LogP contribution in [0.3, 0.4) is 0 Å². The Balaban J connectivity index is 1.93. The summed E-state index contributed by atoms with van der Waals surface area (Å²) < 4.78 is 1.97. The van der Waals surface area contributed by atoms with Gasteiger partial charge in [-0.2, -0.15) is 11.8 Å². The van der Waals surface area contributed by atoms with Gasteiger partial charge in [0.1, 0.15) is 5.65 Å². The zero-order chi connectivity index (χ0) is 12.3. The van der Waals surface area contributed by atoms with Crippen molar-refractivity contribution in [2.75, 3.05) is 5.75 Å². The van der Waals surface area contributed by atoms with E-state index in [9.17, 15) is 4.79 Å². The quantitative estimate of drug-likeness (QED) is 0.884. The first-order chi connectivity index (χ1) is 8.16. The van der Waals surface area contributed by atoms with Crippen LogP contribution >= 0.6 is 11.8 Å². The Morgan fingerprint density at radius 3 is 3.12 bits per heavy atom. The summed E-state index contributed by atoms with van der Waals surface area (Å²) in [6.07, 6.45) is 3.93. The van der Waals surface area contributed by atoms with Crippen LogP contribution in [-0.2, 0) is 10.5 Å². The summed E-state index contributed by atoms with van der Waals surface area (Å²) in [5, 5.41) is 8.76. The molecule has 1 atom stereocenters. The summed E-state index contributed by atoms with van der Waals surface area (Å²) in [7, 11) is 0. The molecule has 0 bridgehead atoms. The van der Waals surface area contributed by atoms with Crippen molar-refractivity contribution in [2.24, 2.45) is 5.92 Å². The van der Waals surface area contributed by atoms with E-state index in [2.05, 4.69) is 4.98 Å². The third kappa shape index (κ3) is 3.00. The van der Waals surface area contributed by atoms with Crippen molar-refractivity contribution in [1.82, 2.24) is 9.38 Å². The zero-order valence-corrected chi connectivity index (χ0v) is 10.4. The fourth-order valence-electron chi connectivity index (χ4n) is 1.47. The number of carbonyl (C=O) groups is 1. The van der Waals surface area contributed by atoms with Crippen LogP contribution in [0.4, 0.5) is 0 Å². The number of imidazole rings is 1. The maximum absolute atomic E-state index is 10.6. The van der Waals surface area contributed by atoms with Crippen molar-refractivity contribution in [1.29, 1.82) is 0 Å². The van der Waals surface area contributed by atoms with Crippen molar-refractivity contribution in [3.05, 3.63) is 36.3 Å². The molecule has 90 valence electrons. The molecule has 0 radical (unpaired) electrons. The van der Waals surface area contributed by atoms with Crippen LogP contribution in [0.25, 0.3) is 5.65 Å². The predicted molar refractivity (Wildman–Crippen MR) is 68.2 cm³/mol. The van der Waals surface area contributed by atoms with Crippen molar-refractivity contribution >= 4 is 23.4 Å². The summed E-state index contributed by atoms with van der Waals surface area (Å²) in [4.78, 5) is 15.1. The Morgan fingerprint density at radius 2 is 2.41 bits per heavy atom. The van der Waals surface area contributed by atoms with Gasteiger partial charge in [-0.3, -0.25) is 4.79 Å². The molecule has 5 heteroatoms. The van der Waals surface area contributed by atoms with Gasteiger partial charge in [-0.25, -0.2) is 4.98 Å². The Bertz CT molecular complexity index is 491.